The fourth-order valence-corrected chi connectivity index (χ4v) is 3.55. The predicted molar refractivity (Wildman–Crippen MR) is 79.0 cm³/mol. The summed E-state index contributed by atoms with van der Waals surface area (Å²) in [5.41, 5.74) is 8.01. The second-order valence-electron chi connectivity index (χ2n) is 4.41. The van der Waals surface area contributed by atoms with Crippen molar-refractivity contribution in [2.24, 2.45) is 5.73 Å². The Kier molecular flexibility index (Phi) is 3.20. The van der Waals surface area contributed by atoms with Crippen molar-refractivity contribution in [3.63, 3.8) is 0 Å². The SMILES string of the molecule is Cc1cc(C(N)c2cc3cc(F)ccc3o2)sc1Br. The molecule has 0 saturated carbocycles. The van der Waals surface area contributed by atoms with E-state index in [0.29, 0.717) is 11.3 Å². The Morgan fingerprint density at radius 1 is 1.32 bits per heavy atom. The maximum absolute atomic E-state index is 13.1. The molecule has 1 unspecified atom stereocenters. The average Bonchev–Trinajstić information content (AvgIpc) is 2.92. The molecule has 5 heteroatoms. The van der Waals surface area contributed by atoms with Crippen LogP contribution in [0.25, 0.3) is 11.0 Å². The minimum atomic E-state index is -0.328. The van der Waals surface area contributed by atoms with Crippen molar-refractivity contribution in [2.45, 2.75) is 13.0 Å². The van der Waals surface area contributed by atoms with E-state index in [9.17, 15) is 4.39 Å². The Hall–Kier alpha value is -1.17. The third kappa shape index (κ3) is 2.33. The number of aryl methyl sites for hydroxylation is 1. The Bertz CT molecular complexity index is 730. The van der Waals surface area contributed by atoms with Crippen molar-refractivity contribution in [3.05, 3.63) is 56.1 Å². The van der Waals surface area contributed by atoms with E-state index in [1.54, 1.807) is 23.5 Å². The van der Waals surface area contributed by atoms with Gasteiger partial charge < -0.3 is 10.2 Å². The third-order valence-electron chi connectivity index (χ3n) is 2.99. The number of hydrogen-bond donors (Lipinski definition) is 1. The Balaban J connectivity index is 2.03. The first-order chi connectivity index (χ1) is 9.04. The third-order valence-corrected chi connectivity index (χ3v) is 5.21. The summed E-state index contributed by atoms with van der Waals surface area (Å²) in [6.45, 7) is 2.02. The van der Waals surface area contributed by atoms with Crippen LogP contribution in [-0.4, -0.2) is 0 Å². The molecule has 2 heterocycles. The number of benzene rings is 1. The van der Waals surface area contributed by atoms with Gasteiger partial charge >= 0.3 is 0 Å². The molecule has 0 amide bonds. The van der Waals surface area contributed by atoms with Crippen LogP contribution in [-0.2, 0) is 0 Å². The first-order valence-electron chi connectivity index (χ1n) is 5.75. The molecule has 0 aliphatic heterocycles. The molecule has 2 N–H and O–H groups in total. The van der Waals surface area contributed by atoms with E-state index in [2.05, 4.69) is 15.9 Å². The zero-order valence-electron chi connectivity index (χ0n) is 10.1. The van der Waals surface area contributed by atoms with Crippen LogP contribution in [0.1, 0.15) is 22.2 Å². The summed E-state index contributed by atoms with van der Waals surface area (Å²) in [6.07, 6.45) is 0. The molecule has 0 fully saturated rings. The van der Waals surface area contributed by atoms with Crippen molar-refractivity contribution >= 4 is 38.2 Å². The van der Waals surface area contributed by atoms with E-state index in [1.165, 1.54) is 12.1 Å². The second-order valence-corrected chi connectivity index (χ2v) is 6.82. The number of halogens is 2. The summed E-state index contributed by atoms with van der Waals surface area (Å²) in [4.78, 5) is 1.02. The van der Waals surface area contributed by atoms with Gasteiger partial charge in [-0.1, -0.05) is 0 Å². The van der Waals surface area contributed by atoms with E-state index < -0.39 is 0 Å². The number of thiophene rings is 1. The van der Waals surface area contributed by atoms with Gasteiger partial charge in [-0.2, -0.15) is 0 Å². The Morgan fingerprint density at radius 3 is 2.79 bits per heavy atom. The summed E-state index contributed by atoms with van der Waals surface area (Å²) in [7, 11) is 0. The van der Waals surface area contributed by atoms with Gasteiger partial charge in [0, 0.05) is 10.3 Å². The van der Waals surface area contributed by atoms with Crippen LogP contribution >= 0.6 is 27.3 Å². The molecule has 1 aromatic carbocycles. The second kappa shape index (κ2) is 4.74. The molecule has 2 nitrogen and oxygen atoms in total. The number of furan rings is 1. The average molecular weight is 340 g/mol. The standard InChI is InChI=1S/C14H11BrFNOS/c1-7-4-12(19-14(7)15)13(17)11-6-8-5-9(16)2-3-10(8)18-11/h2-6,13H,17H2,1H3. The number of hydrogen-bond acceptors (Lipinski definition) is 3. The first-order valence-corrected chi connectivity index (χ1v) is 7.36. The topological polar surface area (TPSA) is 39.2 Å². The maximum Gasteiger partial charge on any atom is 0.134 e. The highest BCUT2D eigenvalue weighted by Gasteiger charge is 2.17. The van der Waals surface area contributed by atoms with Crippen molar-refractivity contribution in [3.8, 4) is 0 Å². The lowest BCUT2D eigenvalue weighted by molar-refractivity contribution is 0.527. The lowest BCUT2D eigenvalue weighted by Gasteiger charge is -2.04. The van der Waals surface area contributed by atoms with Gasteiger partial charge in [0.25, 0.3) is 0 Å². The highest BCUT2D eigenvalue weighted by Crippen LogP contribution is 2.34. The molecular weight excluding hydrogens is 329 g/mol. The van der Waals surface area contributed by atoms with E-state index in [1.807, 2.05) is 13.0 Å². The lowest BCUT2D eigenvalue weighted by atomic mass is 10.1. The summed E-state index contributed by atoms with van der Waals surface area (Å²) in [6, 6.07) is 7.96. The lowest BCUT2D eigenvalue weighted by Crippen LogP contribution is -2.08. The van der Waals surface area contributed by atoms with E-state index in [4.69, 9.17) is 10.2 Å². The van der Waals surface area contributed by atoms with Crippen molar-refractivity contribution in [1.82, 2.24) is 0 Å². The minimum absolute atomic E-state index is 0.275. The molecular formula is C14H11BrFNOS. The molecule has 0 saturated heterocycles. The predicted octanol–water partition coefficient (Wildman–Crippen LogP) is 4.75. The molecule has 0 aliphatic carbocycles. The molecule has 98 valence electrons. The molecule has 0 radical (unpaired) electrons. The normalized spacial score (nSPS) is 13.1. The van der Waals surface area contributed by atoms with Gasteiger partial charge in [0.1, 0.15) is 17.2 Å². The molecule has 3 aromatic rings. The van der Waals surface area contributed by atoms with Crippen LogP contribution in [0.5, 0.6) is 0 Å². The highest BCUT2D eigenvalue weighted by atomic mass is 79.9. The van der Waals surface area contributed by atoms with Gasteiger partial charge in [0.2, 0.25) is 0 Å². The van der Waals surface area contributed by atoms with Crippen LogP contribution < -0.4 is 5.73 Å². The van der Waals surface area contributed by atoms with E-state index >= 15 is 0 Å². The summed E-state index contributed by atoms with van der Waals surface area (Å²) < 4.78 is 19.9. The fourth-order valence-electron chi connectivity index (χ4n) is 1.97. The summed E-state index contributed by atoms with van der Waals surface area (Å²) in [5.74, 6) is 0.373. The molecule has 0 aliphatic rings. The fraction of sp³-hybridized carbons (Fsp3) is 0.143. The van der Waals surface area contributed by atoms with Gasteiger partial charge in [-0.05, 0) is 58.7 Å². The molecule has 0 spiro atoms. The quantitative estimate of drug-likeness (QED) is 0.731. The van der Waals surface area contributed by atoms with Crippen molar-refractivity contribution in [2.75, 3.05) is 0 Å². The number of nitrogens with two attached hydrogens (primary N) is 1. The van der Waals surface area contributed by atoms with Gasteiger partial charge in [0.15, 0.2) is 0 Å². The van der Waals surface area contributed by atoms with Crippen molar-refractivity contribution in [1.29, 1.82) is 0 Å². The molecule has 1 atom stereocenters. The monoisotopic (exact) mass is 339 g/mol. The maximum atomic E-state index is 13.1. The molecule has 2 aromatic heterocycles. The Labute approximate surface area is 122 Å². The number of rotatable bonds is 2. The van der Waals surface area contributed by atoms with Crippen LogP contribution in [0.4, 0.5) is 4.39 Å². The minimum Gasteiger partial charge on any atom is -0.459 e. The van der Waals surface area contributed by atoms with Crippen LogP contribution in [0.2, 0.25) is 0 Å². The molecule has 19 heavy (non-hydrogen) atoms. The zero-order valence-corrected chi connectivity index (χ0v) is 12.5. The summed E-state index contributed by atoms with van der Waals surface area (Å²) in [5, 5.41) is 0.734. The van der Waals surface area contributed by atoms with Gasteiger partial charge in [-0.25, -0.2) is 4.39 Å². The number of fused-ring (bicyclic) bond motifs is 1. The van der Waals surface area contributed by atoms with Gasteiger partial charge in [-0.3, -0.25) is 0 Å². The van der Waals surface area contributed by atoms with Gasteiger partial charge in [0.05, 0.1) is 9.83 Å². The van der Waals surface area contributed by atoms with E-state index in [0.717, 1.165) is 19.6 Å². The van der Waals surface area contributed by atoms with Crippen LogP contribution in [0.3, 0.4) is 0 Å². The van der Waals surface area contributed by atoms with Crippen molar-refractivity contribution < 1.29 is 8.81 Å². The van der Waals surface area contributed by atoms with Gasteiger partial charge in [-0.15, -0.1) is 11.3 Å². The Morgan fingerprint density at radius 2 is 2.11 bits per heavy atom. The highest BCUT2D eigenvalue weighted by molar-refractivity contribution is 9.11. The zero-order chi connectivity index (χ0) is 13.6. The smallest absolute Gasteiger partial charge is 0.134 e. The van der Waals surface area contributed by atoms with E-state index in [-0.39, 0.29) is 11.9 Å². The van der Waals surface area contributed by atoms with Crippen LogP contribution in [0.15, 0.2) is 38.5 Å². The van der Waals surface area contributed by atoms with Crippen LogP contribution in [0, 0.1) is 12.7 Å². The summed E-state index contributed by atoms with van der Waals surface area (Å²) >= 11 is 5.07. The molecule has 3 rings (SSSR count). The molecule has 0 bridgehead atoms. The first kappa shape index (κ1) is 12.8. The largest absolute Gasteiger partial charge is 0.459 e.